The third-order valence-electron chi connectivity index (χ3n) is 3.21. The second-order valence-electron chi connectivity index (χ2n) is 4.67. The molecule has 0 fully saturated rings. The number of phosphoric acid groups is 1. The van der Waals surface area contributed by atoms with Crippen molar-refractivity contribution in [3.8, 4) is 0 Å². The predicted molar refractivity (Wildman–Crippen MR) is 64.5 cm³/mol. The summed E-state index contributed by atoms with van der Waals surface area (Å²) in [5, 5.41) is 0. The molecule has 0 saturated carbocycles. The van der Waals surface area contributed by atoms with Gasteiger partial charge in [0.2, 0.25) is 6.04 Å². The van der Waals surface area contributed by atoms with Gasteiger partial charge in [-0.05, 0) is 6.42 Å². The van der Waals surface area contributed by atoms with E-state index >= 15 is 0 Å². The topological polar surface area (TPSA) is 58.8 Å². The molecule has 0 saturated heterocycles. The molecule has 3 atom stereocenters. The maximum absolute atomic E-state index is 11.8. The van der Waals surface area contributed by atoms with Crippen molar-refractivity contribution < 1.29 is 27.8 Å². The van der Waals surface area contributed by atoms with Crippen LogP contribution in [0.4, 0.5) is 0 Å². The summed E-state index contributed by atoms with van der Waals surface area (Å²) in [6, 6.07) is 0.270. The van der Waals surface area contributed by atoms with Crippen LogP contribution in [0.5, 0.6) is 0 Å². The lowest BCUT2D eigenvalue weighted by Gasteiger charge is -2.23. The van der Waals surface area contributed by atoms with Crippen molar-refractivity contribution in [3.63, 3.8) is 0 Å². The van der Waals surface area contributed by atoms with Gasteiger partial charge in [0.15, 0.2) is 6.54 Å². The molecular formula is C10H23N2O4P+2. The Labute approximate surface area is 103 Å². The largest absolute Gasteiger partial charge is 0.518 e. The second kappa shape index (κ2) is 5.16. The van der Waals surface area contributed by atoms with Crippen molar-refractivity contribution in [1.29, 1.82) is 0 Å². The Balaban J connectivity index is 2.78. The number of likely N-dealkylation sites (N-methyl/N-ethyl adjacent to an activating group) is 2. The van der Waals surface area contributed by atoms with Crippen LogP contribution in [0, 0.1) is 0 Å². The molecule has 0 aromatic heterocycles. The van der Waals surface area contributed by atoms with E-state index in [1.54, 1.807) is 7.05 Å². The fourth-order valence-corrected chi connectivity index (χ4v) is 3.06. The monoisotopic (exact) mass is 266 g/mol. The van der Waals surface area contributed by atoms with Gasteiger partial charge in [-0.2, -0.15) is 4.58 Å². The maximum Gasteiger partial charge on any atom is 0.518 e. The highest BCUT2D eigenvalue weighted by atomic mass is 31.2. The van der Waals surface area contributed by atoms with Gasteiger partial charge in [-0.15, -0.1) is 0 Å². The molecule has 0 spiro atoms. The Bertz CT molecular complexity index is 371. The van der Waals surface area contributed by atoms with Crippen molar-refractivity contribution in [2.75, 3.05) is 27.2 Å². The Kier molecular flexibility index (Phi) is 4.49. The summed E-state index contributed by atoms with van der Waals surface area (Å²) in [6.07, 6.45) is 0.677. The lowest BCUT2D eigenvalue weighted by molar-refractivity contribution is -0.992. The summed E-state index contributed by atoms with van der Waals surface area (Å²) in [4.78, 5) is 9.63. The van der Waals surface area contributed by atoms with E-state index in [2.05, 4.69) is 0 Å². The molecule has 17 heavy (non-hydrogen) atoms. The van der Waals surface area contributed by atoms with Crippen LogP contribution in [-0.4, -0.2) is 53.2 Å². The molecule has 0 aliphatic carbocycles. The van der Waals surface area contributed by atoms with Gasteiger partial charge in [-0.1, -0.05) is 16.2 Å². The molecule has 100 valence electrons. The van der Waals surface area contributed by atoms with Crippen molar-refractivity contribution >= 4 is 13.7 Å². The van der Waals surface area contributed by atoms with E-state index in [4.69, 9.17) is 9.15 Å². The molecule has 6 nitrogen and oxygen atoms in total. The lowest BCUT2D eigenvalue weighted by atomic mass is 10.3. The molecule has 7 heteroatoms. The first-order valence-electron chi connectivity index (χ1n) is 5.83. The van der Waals surface area contributed by atoms with E-state index in [-0.39, 0.29) is 17.3 Å². The summed E-state index contributed by atoms with van der Waals surface area (Å²) in [5.74, 6) is 0.895. The average Bonchev–Trinajstić information content (AvgIpc) is 2.39. The number of nitrogens with zero attached hydrogens (tertiary/aromatic N) is 2. The fraction of sp³-hybridized carbons (Fsp3) is 0.900. The third-order valence-corrected chi connectivity index (χ3v) is 4.29. The molecule has 0 bridgehead atoms. The summed E-state index contributed by atoms with van der Waals surface area (Å²) in [5.41, 5.74) is 0. The zero-order chi connectivity index (χ0) is 13.3. The smallest absolute Gasteiger partial charge is 0.299 e. The second-order valence-corrected chi connectivity index (χ2v) is 6.03. The molecule has 1 N–H and O–H groups in total. The highest BCUT2D eigenvalue weighted by Gasteiger charge is 2.51. The van der Waals surface area contributed by atoms with Gasteiger partial charge in [0.1, 0.15) is 14.1 Å². The van der Waals surface area contributed by atoms with Crippen molar-refractivity contribution in [1.82, 2.24) is 0 Å². The molecule has 1 aliphatic rings. The third kappa shape index (κ3) is 3.36. The lowest BCUT2D eigenvalue weighted by Crippen LogP contribution is -2.45. The Morgan fingerprint density at radius 1 is 1.65 bits per heavy atom. The molecule has 1 aliphatic heterocycles. The van der Waals surface area contributed by atoms with Crippen LogP contribution >= 0.6 is 7.82 Å². The van der Waals surface area contributed by atoms with Gasteiger partial charge in [-0.3, -0.25) is 9.42 Å². The van der Waals surface area contributed by atoms with Crippen LogP contribution in [0.1, 0.15) is 27.2 Å². The number of amidine groups is 1. The van der Waals surface area contributed by atoms with Crippen molar-refractivity contribution in [2.45, 2.75) is 33.2 Å². The predicted octanol–water partition coefficient (Wildman–Crippen LogP) is 1.35. The van der Waals surface area contributed by atoms with E-state index in [0.717, 1.165) is 5.84 Å². The van der Waals surface area contributed by atoms with Gasteiger partial charge in [-0.25, -0.2) is 4.57 Å². The molecular weight excluding hydrogens is 243 g/mol. The molecule has 0 aromatic carbocycles. The summed E-state index contributed by atoms with van der Waals surface area (Å²) < 4.78 is 23.9. The molecule has 0 radical (unpaired) electrons. The number of rotatable bonds is 5. The highest BCUT2D eigenvalue weighted by Crippen LogP contribution is 2.47. The molecule has 1 heterocycles. The highest BCUT2D eigenvalue weighted by molar-refractivity contribution is 7.47. The summed E-state index contributed by atoms with van der Waals surface area (Å²) in [6.45, 7) is 6.66. The number of hydrogen-bond donors (Lipinski definition) is 1. The van der Waals surface area contributed by atoms with Gasteiger partial charge in [0, 0.05) is 6.92 Å². The van der Waals surface area contributed by atoms with Gasteiger partial charge < -0.3 is 0 Å². The summed E-state index contributed by atoms with van der Waals surface area (Å²) >= 11 is 0. The van der Waals surface area contributed by atoms with Crippen LogP contribution in [0.2, 0.25) is 0 Å². The molecule has 0 aromatic rings. The van der Waals surface area contributed by atoms with Crippen LogP contribution in [0.3, 0.4) is 0 Å². The quantitative estimate of drug-likeness (QED) is 0.463. The Morgan fingerprint density at radius 3 is 2.65 bits per heavy atom. The van der Waals surface area contributed by atoms with Crippen LogP contribution in [-0.2, 0) is 13.7 Å². The molecule has 0 amide bonds. The summed E-state index contributed by atoms with van der Waals surface area (Å²) in [7, 11) is -0.271. The van der Waals surface area contributed by atoms with Gasteiger partial charge in [0.25, 0.3) is 0 Å². The van der Waals surface area contributed by atoms with Crippen LogP contribution in [0.25, 0.3) is 0 Å². The minimum absolute atomic E-state index is 0.00480. The molecule has 1 rings (SSSR count). The fourth-order valence-electron chi connectivity index (χ4n) is 1.96. The first kappa shape index (κ1) is 14.8. The number of hydroxylamine groups is 3. The van der Waals surface area contributed by atoms with Gasteiger partial charge in [0.05, 0.1) is 13.5 Å². The number of hydrogen-bond acceptors (Lipinski definition) is 3. The van der Waals surface area contributed by atoms with E-state index in [1.807, 2.05) is 32.4 Å². The van der Waals surface area contributed by atoms with Crippen molar-refractivity contribution in [3.05, 3.63) is 0 Å². The van der Waals surface area contributed by atoms with Gasteiger partial charge >= 0.3 is 13.7 Å². The normalized spacial score (nSPS) is 32.9. The number of phosphoric ester groups is 1. The van der Waals surface area contributed by atoms with Crippen LogP contribution in [0.15, 0.2) is 0 Å². The first-order valence-corrected chi connectivity index (χ1v) is 7.32. The first-order chi connectivity index (χ1) is 7.72. The zero-order valence-corrected chi connectivity index (χ0v) is 12.1. The maximum atomic E-state index is 11.8. The minimum atomic E-state index is -3.99. The minimum Gasteiger partial charge on any atom is -0.299 e. The van der Waals surface area contributed by atoms with E-state index in [1.165, 1.54) is 0 Å². The zero-order valence-electron chi connectivity index (χ0n) is 11.2. The standard InChI is InChI=1S/C10H22N2O4P/c1-6-7-15-17(13,14)16-12(5)8-9(2)11(4)10(12)3/h9H,6-8H2,1-5H3/q+1/p+1. The molecule has 3 unspecified atom stereocenters. The van der Waals surface area contributed by atoms with E-state index in [9.17, 15) is 9.46 Å². The Hall–Kier alpha value is -0.260. The average molecular weight is 266 g/mol. The Morgan fingerprint density at radius 2 is 2.24 bits per heavy atom. The SMILES string of the molecule is CCCOP(=O)(O)O[N+]1(C)CC(C)[N+](C)=C1C. The number of quaternary nitrogens is 1. The van der Waals surface area contributed by atoms with E-state index in [0.29, 0.717) is 13.0 Å². The van der Waals surface area contributed by atoms with E-state index < -0.39 is 7.82 Å². The van der Waals surface area contributed by atoms with Crippen molar-refractivity contribution in [2.24, 2.45) is 0 Å². The van der Waals surface area contributed by atoms with Crippen LogP contribution < -0.4 is 0 Å².